The van der Waals surface area contributed by atoms with Crippen molar-refractivity contribution in [3.63, 3.8) is 0 Å². The lowest BCUT2D eigenvalue weighted by Gasteiger charge is -2.30. The lowest BCUT2D eigenvalue weighted by molar-refractivity contribution is 0.122. The van der Waals surface area contributed by atoms with Crippen LogP contribution in [0, 0.1) is 0 Å². The van der Waals surface area contributed by atoms with Crippen molar-refractivity contribution in [1.82, 2.24) is 0 Å². The zero-order chi connectivity index (χ0) is 10.7. The molecule has 0 aliphatic carbocycles. The van der Waals surface area contributed by atoms with Crippen LogP contribution in [0.1, 0.15) is 5.56 Å². The number of ether oxygens (including phenoxy) is 1. The molecule has 0 spiro atoms. The molecule has 82 valence electrons. The standard InChI is InChI=1S/C11H13BrClNO/c12-8-9-1-2-10(13)7-11(9)14-3-5-15-6-4-14/h1-2,7H,3-6,8H2. The van der Waals surface area contributed by atoms with Gasteiger partial charge in [-0.1, -0.05) is 33.6 Å². The molecule has 2 rings (SSSR count). The third-order valence-corrected chi connectivity index (χ3v) is 3.38. The smallest absolute Gasteiger partial charge is 0.0642 e. The van der Waals surface area contributed by atoms with Crippen LogP contribution < -0.4 is 4.90 Å². The average molecular weight is 291 g/mol. The Morgan fingerprint density at radius 1 is 1.33 bits per heavy atom. The molecule has 0 bridgehead atoms. The number of alkyl halides is 1. The monoisotopic (exact) mass is 289 g/mol. The highest BCUT2D eigenvalue weighted by Crippen LogP contribution is 2.27. The Balaban J connectivity index is 2.27. The molecule has 1 aliphatic rings. The summed E-state index contributed by atoms with van der Waals surface area (Å²) in [5.41, 5.74) is 2.50. The fourth-order valence-corrected chi connectivity index (χ4v) is 2.39. The molecule has 1 aromatic rings. The van der Waals surface area contributed by atoms with E-state index in [0.717, 1.165) is 36.7 Å². The average Bonchev–Trinajstić information content (AvgIpc) is 2.30. The van der Waals surface area contributed by atoms with E-state index < -0.39 is 0 Å². The van der Waals surface area contributed by atoms with Crippen molar-refractivity contribution >= 4 is 33.2 Å². The molecule has 0 amide bonds. The molecular weight excluding hydrogens is 277 g/mol. The number of anilines is 1. The minimum Gasteiger partial charge on any atom is -0.378 e. The molecular formula is C11H13BrClNO. The second-order valence-electron chi connectivity index (χ2n) is 3.51. The Morgan fingerprint density at radius 2 is 2.07 bits per heavy atom. The van der Waals surface area contributed by atoms with Crippen molar-refractivity contribution in [2.75, 3.05) is 31.2 Å². The van der Waals surface area contributed by atoms with Gasteiger partial charge in [0.25, 0.3) is 0 Å². The molecule has 0 saturated carbocycles. The van der Waals surface area contributed by atoms with Gasteiger partial charge >= 0.3 is 0 Å². The number of rotatable bonds is 2. The molecule has 1 aromatic carbocycles. The van der Waals surface area contributed by atoms with Crippen molar-refractivity contribution in [1.29, 1.82) is 0 Å². The summed E-state index contributed by atoms with van der Waals surface area (Å²) in [6.45, 7) is 3.49. The molecule has 1 saturated heterocycles. The molecule has 0 aromatic heterocycles. The summed E-state index contributed by atoms with van der Waals surface area (Å²) >= 11 is 9.52. The van der Waals surface area contributed by atoms with Gasteiger partial charge in [0.15, 0.2) is 0 Å². The third-order valence-electron chi connectivity index (χ3n) is 2.54. The highest BCUT2D eigenvalue weighted by molar-refractivity contribution is 9.08. The summed E-state index contributed by atoms with van der Waals surface area (Å²) in [4.78, 5) is 2.33. The first-order valence-electron chi connectivity index (χ1n) is 4.98. The van der Waals surface area contributed by atoms with E-state index in [1.165, 1.54) is 11.3 Å². The van der Waals surface area contributed by atoms with Gasteiger partial charge in [0.05, 0.1) is 13.2 Å². The fourth-order valence-electron chi connectivity index (χ4n) is 1.75. The number of hydrogen-bond acceptors (Lipinski definition) is 2. The highest BCUT2D eigenvalue weighted by atomic mass is 79.9. The summed E-state index contributed by atoms with van der Waals surface area (Å²) < 4.78 is 5.34. The zero-order valence-electron chi connectivity index (χ0n) is 8.38. The van der Waals surface area contributed by atoms with Gasteiger partial charge in [-0.2, -0.15) is 0 Å². The van der Waals surface area contributed by atoms with Crippen LogP contribution in [0.5, 0.6) is 0 Å². The van der Waals surface area contributed by atoms with E-state index in [-0.39, 0.29) is 0 Å². The molecule has 1 heterocycles. The predicted molar refractivity (Wildman–Crippen MR) is 67.1 cm³/mol. The van der Waals surface area contributed by atoms with Crippen LogP contribution in [0.15, 0.2) is 18.2 Å². The van der Waals surface area contributed by atoms with Gasteiger partial charge in [0, 0.05) is 29.1 Å². The van der Waals surface area contributed by atoms with Gasteiger partial charge in [-0.25, -0.2) is 0 Å². The maximum absolute atomic E-state index is 6.02. The maximum atomic E-state index is 6.02. The van der Waals surface area contributed by atoms with Crippen LogP contribution in [0.3, 0.4) is 0 Å². The van der Waals surface area contributed by atoms with Crippen LogP contribution in [0.4, 0.5) is 5.69 Å². The number of hydrogen-bond donors (Lipinski definition) is 0. The molecule has 0 unspecified atom stereocenters. The van der Waals surface area contributed by atoms with E-state index in [2.05, 4.69) is 26.9 Å². The topological polar surface area (TPSA) is 12.5 Å². The minimum absolute atomic E-state index is 0.793. The summed E-state index contributed by atoms with van der Waals surface area (Å²) in [7, 11) is 0. The summed E-state index contributed by atoms with van der Waals surface area (Å²) in [6, 6.07) is 6.04. The van der Waals surface area contributed by atoms with Crippen LogP contribution in [0.25, 0.3) is 0 Å². The SMILES string of the molecule is Clc1ccc(CBr)c(N2CCOCC2)c1. The largest absolute Gasteiger partial charge is 0.378 e. The Labute approximate surface area is 103 Å². The first-order valence-corrected chi connectivity index (χ1v) is 6.48. The number of halogens is 2. The fraction of sp³-hybridized carbons (Fsp3) is 0.455. The van der Waals surface area contributed by atoms with Crippen molar-refractivity contribution < 1.29 is 4.74 Å². The minimum atomic E-state index is 0.793. The molecule has 4 heteroatoms. The van der Waals surface area contributed by atoms with Crippen LogP contribution in [0.2, 0.25) is 5.02 Å². The quantitative estimate of drug-likeness (QED) is 0.776. The molecule has 0 N–H and O–H groups in total. The Morgan fingerprint density at radius 3 is 2.73 bits per heavy atom. The number of benzene rings is 1. The van der Waals surface area contributed by atoms with E-state index in [1.54, 1.807) is 0 Å². The zero-order valence-corrected chi connectivity index (χ0v) is 10.7. The van der Waals surface area contributed by atoms with E-state index in [1.807, 2.05) is 12.1 Å². The molecule has 1 fully saturated rings. The van der Waals surface area contributed by atoms with Crippen LogP contribution in [-0.2, 0) is 10.1 Å². The Hall–Kier alpha value is -0.250. The molecule has 1 aliphatic heterocycles. The van der Waals surface area contributed by atoms with E-state index in [0.29, 0.717) is 0 Å². The van der Waals surface area contributed by atoms with Crippen molar-refractivity contribution in [2.24, 2.45) is 0 Å². The first kappa shape index (κ1) is 11.2. The predicted octanol–water partition coefficient (Wildman–Crippen LogP) is 3.07. The highest BCUT2D eigenvalue weighted by Gasteiger charge is 2.14. The van der Waals surface area contributed by atoms with Crippen molar-refractivity contribution in [3.05, 3.63) is 28.8 Å². The second kappa shape index (κ2) is 5.19. The van der Waals surface area contributed by atoms with Crippen molar-refractivity contribution in [3.8, 4) is 0 Å². The summed E-state index contributed by atoms with van der Waals surface area (Å²) in [6.07, 6.45) is 0. The second-order valence-corrected chi connectivity index (χ2v) is 4.50. The first-order chi connectivity index (χ1) is 7.31. The molecule has 0 atom stereocenters. The lowest BCUT2D eigenvalue weighted by Crippen LogP contribution is -2.36. The van der Waals surface area contributed by atoms with Gasteiger partial charge < -0.3 is 9.64 Å². The molecule has 0 radical (unpaired) electrons. The van der Waals surface area contributed by atoms with Gasteiger partial charge in [-0.15, -0.1) is 0 Å². The van der Waals surface area contributed by atoms with Gasteiger partial charge in [-0.3, -0.25) is 0 Å². The summed E-state index contributed by atoms with van der Waals surface area (Å²) in [5, 5.41) is 1.65. The van der Waals surface area contributed by atoms with Crippen molar-refractivity contribution in [2.45, 2.75) is 5.33 Å². The normalized spacial score (nSPS) is 16.8. The molecule has 2 nitrogen and oxygen atoms in total. The summed E-state index contributed by atoms with van der Waals surface area (Å²) in [5.74, 6) is 0. The van der Waals surface area contributed by atoms with Crippen LogP contribution >= 0.6 is 27.5 Å². The van der Waals surface area contributed by atoms with Gasteiger partial charge in [0.1, 0.15) is 0 Å². The Kier molecular flexibility index (Phi) is 3.89. The van der Waals surface area contributed by atoms with Gasteiger partial charge in [0.2, 0.25) is 0 Å². The van der Waals surface area contributed by atoms with E-state index in [4.69, 9.17) is 16.3 Å². The lowest BCUT2D eigenvalue weighted by atomic mass is 10.1. The maximum Gasteiger partial charge on any atom is 0.0642 e. The van der Waals surface area contributed by atoms with Gasteiger partial charge in [-0.05, 0) is 17.7 Å². The number of nitrogens with zero attached hydrogens (tertiary/aromatic N) is 1. The third kappa shape index (κ3) is 2.65. The molecule has 15 heavy (non-hydrogen) atoms. The van der Waals surface area contributed by atoms with Crippen LogP contribution in [-0.4, -0.2) is 26.3 Å². The van der Waals surface area contributed by atoms with E-state index >= 15 is 0 Å². The Bertz CT molecular complexity index is 339. The van der Waals surface area contributed by atoms with E-state index in [9.17, 15) is 0 Å². The number of morpholine rings is 1.